The van der Waals surface area contributed by atoms with Crippen LogP contribution in [0.25, 0.3) is 0 Å². The number of benzene rings is 1. The average Bonchev–Trinajstić information content (AvgIpc) is 2.37. The van der Waals surface area contributed by atoms with E-state index in [2.05, 4.69) is 10.3 Å². The lowest BCUT2D eigenvalue weighted by atomic mass is 10.2. The molecule has 1 aromatic carbocycles. The molecule has 1 aromatic heterocycles. The Hall–Kier alpha value is -1.49. The molecule has 0 bridgehead atoms. The second-order valence-corrected chi connectivity index (χ2v) is 5.70. The van der Waals surface area contributed by atoms with Crippen molar-refractivity contribution < 1.29 is 4.79 Å². The fourth-order valence-corrected chi connectivity index (χ4v) is 2.56. The minimum Gasteiger partial charge on any atom is -0.376 e. The lowest BCUT2D eigenvalue weighted by Gasteiger charge is -2.15. The molecule has 21 heavy (non-hydrogen) atoms. The van der Waals surface area contributed by atoms with Gasteiger partial charge in [0.25, 0.3) is 5.91 Å². The Morgan fingerprint density at radius 1 is 1.10 bits per heavy atom. The molecular formula is C14H12Cl3N3O. The maximum Gasteiger partial charge on any atom is 0.255 e. The van der Waals surface area contributed by atoms with Crippen LogP contribution >= 0.6 is 34.8 Å². The minimum atomic E-state index is -0.338. The van der Waals surface area contributed by atoms with Gasteiger partial charge in [0.15, 0.2) is 0 Å². The molecule has 0 aliphatic rings. The number of carbonyl (C=O) groups excluding carboxylic acids is 1. The van der Waals surface area contributed by atoms with Crippen molar-refractivity contribution in [3.05, 3.63) is 51.2 Å². The Kier molecular flexibility index (Phi) is 4.93. The van der Waals surface area contributed by atoms with Crippen molar-refractivity contribution >= 4 is 52.1 Å². The maximum absolute atomic E-state index is 12.1. The van der Waals surface area contributed by atoms with E-state index in [1.165, 1.54) is 12.1 Å². The van der Waals surface area contributed by atoms with Crippen molar-refractivity contribution in [3.8, 4) is 0 Å². The number of anilines is 2. The number of hydrogen-bond donors (Lipinski definition) is 1. The molecule has 0 spiro atoms. The first-order chi connectivity index (χ1) is 9.86. The van der Waals surface area contributed by atoms with Gasteiger partial charge >= 0.3 is 0 Å². The van der Waals surface area contributed by atoms with Crippen LogP contribution in [0.3, 0.4) is 0 Å². The molecule has 0 aliphatic carbocycles. The number of nitrogens with zero attached hydrogens (tertiary/aromatic N) is 2. The van der Waals surface area contributed by atoms with Gasteiger partial charge in [-0.05, 0) is 30.3 Å². The highest BCUT2D eigenvalue weighted by Gasteiger charge is 2.10. The van der Waals surface area contributed by atoms with Crippen molar-refractivity contribution in [2.75, 3.05) is 24.3 Å². The normalized spacial score (nSPS) is 10.3. The third-order valence-corrected chi connectivity index (χ3v) is 3.40. The highest BCUT2D eigenvalue weighted by molar-refractivity contribution is 6.34. The Morgan fingerprint density at radius 3 is 2.24 bits per heavy atom. The topological polar surface area (TPSA) is 45.2 Å². The number of hydrogen-bond acceptors (Lipinski definition) is 3. The van der Waals surface area contributed by atoms with Gasteiger partial charge in [0.1, 0.15) is 10.3 Å². The molecule has 0 aliphatic heterocycles. The third-order valence-electron chi connectivity index (χ3n) is 2.71. The first-order valence-electron chi connectivity index (χ1n) is 5.98. The second kappa shape index (κ2) is 6.52. The molecule has 0 saturated heterocycles. The van der Waals surface area contributed by atoms with Gasteiger partial charge in [-0.3, -0.25) is 4.79 Å². The van der Waals surface area contributed by atoms with Crippen LogP contribution in [-0.2, 0) is 0 Å². The molecule has 1 amide bonds. The number of rotatable bonds is 3. The quantitative estimate of drug-likeness (QED) is 0.841. The van der Waals surface area contributed by atoms with E-state index in [9.17, 15) is 4.79 Å². The van der Waals surface area contributed by atoms with E-state index in [0.717, 1.165) is 5.69 Å². The van der Waals surface area contributed by atoms with E-state index >= 15 is 0 Å². The largest absolute Gasteiger partial charge is 0.376 e. The van der Waals surface area contributed by atoms with Crippen LogP contribution in [0, 0.1) is 0 Å². The highest BCUT2D eigenvalue weighted by Crippen LogP contribution is 2.27. The van der Waals surface area contributed by atoms with Crippen LogP contribution in [0.4, 0.5) is 11.4 Å². The monoisotopic (exact) mass is 343 g/mol. The summed E-state index contributed by atoms with van der Waals surface area (Å²) in [5.74, 6) is -0.338. The van der Waals surface area contributed by atoms with Gasteiger partial charge in [0, 0.05) is 25.3 Å². The van der Waals surface area contributed by atoms with Crippen molar-refractivity contribution in [3.63, 3.8) is 0 Å². The van der Waals surface area contributed by atoms with Crippen LogP contribution in [-0.4, -0.2) is 25.0 Å². The van der Waals surface area contributed by atoms with Crippen LogP contribution in [0.1, 0.15) is 10.4 Å². The van der Waals surface area contributed by atoms with Gasteiger partial charge in [-0.15, -0.1) is 0 Å². The second-order valence-electron chi connectivity index (χ2n) is 4.52. The van der Waals surface area contributed by atoms with Crippen molar-refractivity contribution in [1.29, 1.82) is 0 Å². The summed E-state index contributed by atoms with van der Waals surface area (Å²) >= 11 is 17.7. The Bertz CT molecular complexity index is 669. The van der Waals surface area contributed by atoms with E-state index in [1.54, 1.807) is 12.1 Å². The fraction of sp³-hybridized carbons (Fsp3) is 0.143. The van der Waals surface area contributed by atoms with Crippen LogP contribution in [0.2, 0.25) is 15.3 Å². The molecule has 2 aromatic rings. The summed E-state index contributed by atoms with van der Waals surface area (Å²) in [7, 11) is 3.78. The number of amides is 1. The summed E-state index contributed by atoms with van der Waals surface area (Å²) in [6.45, 7) is 0. The van der Waals surface area contributed by atoms with E-state index in [-0.39, 0.29) is 16.2 Å². The fourth-order valence-electron chi connectivity index (χ4n) is 1.75. The number of carbonyl (C=O) groups is 1. The lowest BCUT2D eigenvalue weighted by Crippen LogP contribution is -2.13. The summed E-state index contributed by atoms with van der Waals surface area (Å²) in [4.78, 5) is 17.8. The molecule has 110 valence electrons. The SMILES string of the molecule is CN(C)c1ccc(NC(=O)c2cc(Cl)nc(Cl)c2)cc1Cl. The molecule has 4 nitrogen and oxygen atoms in total. The number of aromatic nitrogens is 1. The molecule has 0 fully saturated rings. The molecule has 0 atom stereocenters. The predicted octanol–water partition coefficient (Wildman–Crippen LogP) is 4.36. The lowest BCUT2D eigenvalue weighted by molar-refractivity contribution is 0.102. The molecule has 1 N–H and O–H groups in total. The van der Waals surface area contributed by atoms with Gasteiger partial charge in [0.05, 0.1) is 10.7 Å². The summed E-state index contributed by atoms with van der Waals surface area (Å²) < 4.78 is 0. The minimum absolute atomic E-state index is 0.161. The summed E-state index contributed by atoms with van der Waals surface area (Å²) in [5.41, 5.74) is 1.78. The van der Waals surface area contributed by atoms with Crippen LogP contribution in [0.15, 0.2) is 30.3 Å². The molecular weight excluding hydrogens is 333 g/mol. The van der Waals surface area contributed by atoms with Gasteiger partial charge in [-0.2, -0.15) is 0 Å². The van der Waals surface area contributed by atoms with Crippen molar-refractivity contribution in [1.82, 2.24) is 4.98 Å². The first-order valence-corrected chi connectivity index (χ1v) is 7.11. The predicted molar refractivity (Wildman–Crippen MR) is 88.0 cm³/mol. The Balaban J connectivity index is 2.21. The van der Waals surface area contributed by atoms with Crippen LogP contribution < -0.4 is 10.2 Å². The zero-order valence-corrected chi connectivity index (χ0v) is 13.6. The first kappa shape index (κ1) is 15.9. The summed E-state index contributed by atoms with van der Waals surface area (Å²) in [6, 6.07) is 8.16. The van der Waals surface area contributed by atoms with E-state index < -0.39 is 0 Å². The summed E-state index contributed by atoms with van der Waals surface area (Å²) in [5, 5.41) is 3.60. The standard InChI is InChI=1S/C14H12Cl3N3O/c1-20(2)11-4-3-9(7-10(11)15)18-14(21)8-5-12(16)19-13(17)6-8/h3-7H,1-2H3,(H,18,21). The van der Waals surface area contributed by atoms with Gasteiger partial charge < -0.3 is 10.2 Å². The van der Waals surface area contributed by atoms with E-state index in [0.29, 0.717) is 16.3 Å². The van der Waals surface area contributed by atoms with Crippen molar-refractivity contribution in [2.45, 2.75) is 0 Å². The van der Waals surface area contributed by atoms with E-state index in [1.807, 2.05) is 25.1 Å². The number of pyridine rings is 1. The Morgan fingerprint density at radius 2 is 1.71 bits per heavy atom. The van der Waals surface area contributed by atoms with Gasteiger partial charge in [-0.1, -0.05) is 34.8 Å². The molecule has 2 rings (SSSR count). The zero-order chi connectivity index (χ0) is 15.6. The number of halogens is 3. The molecule has 1 heterocycles. The maximum atomic E-state index is 12.1. The molecule has 0 radical (unpaired) electrons. The van der Waals surface area contributed by atoms with E-state index in [4.69, 9.17) is 34.8 Å². The smallest absolute Gasteiger partial charge is 0.255 e. The third kappa shape index (κ3) is 4.00. The van der Waals surface area contributed by atoms with Gasteiger partial charge in [0.2, 0.25) is 0 Å². The number of nitrogens with one attached hydrogen (secondary N) is 1. The molecule has 7 heteroatoms. The molecule has 0 unspecified atom stereocenters. The highest BCUT2D eigenvalue weighted by atomic mass is 35.5. The zero-order valence-electron chi connectivity index (χ0n) is 11.3. The van der Waals surface area contributed by atoms with Crippen molar-refractivity contribution in [2.24, 2.45) is 0 Å². The average molecular weight is 345 g/mol. The molecule has 0 saturated carbocycles. The van der Waals surface area contributed by atoms with Crippen LogP contribution in [0.5, 0.6) is 0 Å². The Labute approximate surface area is 137 Å². The van der Waals surface area contributed by atoms with Gasteiger partial charge in [-0.25, -0.2) is 4.98 Å². The summed E-state index contributed by atoms with van der Waals surface area (Å²) in [6.07, 6.45) is 0.